The number of phenols is 2. The molecule has 5 fully saturated rings. The normalized spacial score (nSPS) is 24.7. The fraction of sp³-hybridized carbons (Fsp3) is 0.567. The summed E-state index contributed by atoms with van der Waals surface area (Å²) in [6.07, 6.45) is 35.4. The molecule has 4 atom stereocenters. The van der Waals surface area contributed by atoms with Crippen LogP contribution in [0, 0.1) is 13.8 Å². The van der Waals surface area contributed by atoms with Gasteiger partial charge in [0.25, 0.3) is 0 Å². The maximum Gasteiger partial charge on any atom is -0.0866 e. The minimum Gasteiger partial charge on any atom is -0.199 e. The van der Waals surface area contributed by atoms with Crippen LogP contribution in [0.2, 0.25) is 0 Å². The average molecular weight is 1080 g/mol. The van der Waals surface area contributed by atoms with Crippen molar-refractivity contribution in [3.63, 3.8) is 0 Å². The molecule has 1 aliphatic heterocycles. The summed E-state index contributed by atoms with van der Waals surface area (Å²) in [6.45, 7) is 7.44. The molecule has 4 aromatic rings. The molecule has 10 rings (SSSR count). The summed E-state index contributed by atoms with van der Waals surface area (Å²) in [5, 5.41) is 26.1. The summed E-state index contributed by atoms with van der Waals surface area (Å²) in [4.78, 5) is 0. The zero-order chi connectivity index (χ0) is 44.8. The third-order valence-electron chi connectivity index (χ3n) is 16.1. The molecule has 2 unspecified atom stereocenters. The van der Waals surface area contributed by atoms with Gasteiger partial charge in [-0.1, -0.05) is 12.1 Å². The fourth-order valence-electron chi connectivity index (χ4n) is 12.4. The summed E-state index contributed by atoms with van der Waals surface area (Å²) in [6, 6.07) is 29.9. The van der Waals surface area contributed by atoms with Crippen molar-refractivity contribution in [2.24, 2.45) is 0 Å². The summed E-state index contributed by atoms with van der Waals surface area (Å²) in [5.41, 5.74) is 10.7. The van der Waals surface area contributed by atoms with Crippen LogP contribution in [0.3, 0.4) is 0 Å². The summed E-state index contributed by atoms with van der Waals surface area (Å²) >= 11 is -1.04. The van der Waals surface area contributed by atoms with Gasteiger partial charge >= 0.3 is 325 Å². The van der Waals surface area contributed by atoms with Crippen LogP contribution in [0.25, 0.3) is 0 Å². The Morgan fingerprint density at radius 1 is 0.400 bits per heavy atom. The second-order valence-electron chi connectivity index (χ2n) is 20.8. The van der Waals surface area contributed by atoms with Crippen LogP contribution in [-0.4, -0.2) is 20.7 Å². The SMILES string of the molecule is Oc1c(C[S]2=[Hf]=[S@@](Cc3cc(C4CCCCC4)cc(C4CCCCC4)c3O)C3CCCCCC[C@@H]32)cc(C2CCCCC2)cc1C1CCCCC1.[CH2-]c1ccccc1.[CH2-]c1ccccc1. The van der Waals surface area contributed by atoms with Gasteiger partial charge in [-0.25, -0.2) is 0 Å². The Bertz CT molecular complexity index is 2000. The van der Waals surface area contributed by atoms with Gasteiger partial charge in [-0.05, 0) is 0 Å². The Morgan fingerprint density at radius 2 is 0.708 bits per heavy atom. The third kappa shape index (κ3) is 13.7. The van der Waals surface area contributed by atoms with E-state index in [4.69, 9.17) is 0 Å². The standard InChI is InChI=1S/C46H68O2S2.2C7H7.Hf/c47-45-39(27-37(33-17-7-3-8-18-33)29-41(45)35-21-11-5-12-22-35)31-49-43-25-15-1-2-16-26-44(43)50-32-40-28-38(34-19-9-4-10-20-34)30-42(46(40)48)36-23-13-6-14-24-36;2*1-7-5-3-2-4-6-7;/h27-30,33-36,43-44,47-48H,1-26,31-32H2;2*2-6H,1H2;/q;2*-1;/t43-,44?;;;/m0.../s1. The van der Waals surface area contributed by atoms with Gasteiger partial charge in [-0.2, -0.15) is 49.2 Å². The van der Waals surface area contributed by atoms with Crippen molar-refractivity contribution in [3.05, 3.63) is 143 Å². The number of phenolic OH excluding ortho intramolecular Hbond substituents is 2. The van der Waals surface area contributed by atoms with E-state index in [0.717, 1.165) is 33.1 Å². The van der Waals surface area contributed by atoms with Gasteiger partial charge in [0, 0.05) is 0 Å². The number of aromatic hydroxyl groups is 2. The molecule has 65 heavy (non-hydrogen) atoms. The van der Waals surface area contributed by atoms with Crippen LogP contribution >= 0.6 is 14.4 Å². The molecule has 0 radical (unpaired) electrons. The van der Waals surface area contributed by atoms with Crippen molar-refractivity contribution in [1.82, 2.24) is 0 Å². The predicted octanol–water partition coefficient (Wildman–Crippen LogP) is 18.3. The maximum absolute atomic E-state index is 12.2. The third-order valence-corrected chi connectivity index (χ3v) is 45.3. The molecular formula is C60H82HfO2S2-2. The molecule has 0 amide bonds. The van der Waals surface area contributed by atoms with Gasteiger partial charge in [-0.15, -0.1) is 24.3 Å². The molecule has 0 spiro atoms. The van der Waals surface area contributed by atoms with Gasteiger partial charge in [0.2, 0.25) is 0 Å². The van der Waals surface area contributed by atoms with Crippen LogP contribution in [0.1, 0.15) is 235 Å². The monoisotopic (exact) mass is 1080 g/mol. The van der Waals surface area contributed by atoms with Crippen LogP contribution in [0.15, 0.2) is 84.9 Å². The van der Waals surface area contributed by atoms with E-state index in [1.165, 1.54) is 201 Å². The average Bonchev–Trinajstić information content (AvgIpc) is 3.65. The molecule has 4 aromatic carbocycles. The molecule has 5 aliphatic carbocycles. The Balaban J connectivity index is 0.000000351. The first-order chi connectivity index (χ1) is 31.9. The molecular weight excluding hydrogens is 995 g/mol. The first-order valence-corrected chi connectivity index (χ1v) is 38.2. The fourth-order valence-corrected chi connectivity index (χ4v) is 51.5. The molecule has 0 aromatic heterocycles. The van der Waals surface area contributed by atoms with Crippen LogP contribution < -0.4 is 0 Å². The molecule has 6 aliphatic rings. The van der Waals surface area contributed by atoms with Crippen molar-refractivity contribution >= 4 is 14.4 Å². The van der Waals surface area contributed by atoms with Gasteiger partial charge in [0.15, 0.2) is 0 Å². The Morgan fingerprint density at radius 3 is 1.03 bits per heavy atom. The predicted molar refractivity (Wildman–Crippen MR) is 279 cm³/mol. The Labute approximate surface area is 407 Å². The Kier molecular flexibility index (Phi) is 19.2. The summed E-state index contributed by atoms with van der Waals surface area (Å²) in [5.74, 6) is 6.35. The molecule has 2 N–H and O–H groups in total. The Hall–Kier alpha value is -2.21. The van der Waals surface area contributed by atoms with Crippen molar-refractivity contribution < 1.29 is 29.1 Å². The number of hydrogen-bond acceptors (Lipinski definition) is 2. The molecule has 2 nitrogen and oxygen atoms in total. The van der Waals surface area contributed by atoms with Gasteiger partial charge in [-0.3, -0.25) is 0 Å². The van der Waals surface area contributed by atoms with E-state index in [2.05, 4.69) is 38.1 Å². The van der Waals surface area contributed by atoms with Gasteiger partial charge < -0.3 is 0 Å². The summed E-state index contributed by atoms with van der Waals surface area (Å²) in [7, 11) is 0.970. The number of fused-ring (bicyclic) bond motifs is 1. The van der Waals surface area contributed by atoms with E-state index in [-0.39, 0.29) is 0 Å². The topological polar surface area (TPSA) is 40.5 Å². The zero-order valence-corrected chi connectivity index (χ0v) is 45.2. The molecule has 1 heterocycles. The minimum atomic E-state index is -1.04. The zero-order valence-electron chi connectivity index (χ0n) is 40.0. The van der Waals surface area contributed by atoms with Crippen molar-refractivity contribution in [2.45, 2.75) is 213 Å². The van der Waals surface area contributed by atoms with Crippen molar-refractivity contribution in [1.29, 1.82) is 0 Å². The molecule has 0 bridgehead atoms. The second kappa shape index (κ2) is 25.4. The van der Waals surface area contributed by atoms with E-state index in [1.807, 2.05) is 60.7 Å². The molecule has 5 saturated carbocycles. The second-order valence-corrected chi connectivity index (χ2v) is 41.7. The van der Waals surface area contributed by atoms with Crippen molar-refractivity contribution in [2.75, 3.05) is 0 Å². The van der Waals surface area contributed by atoms with Crippen LogP contribution in [0.4, 0.5) is 0 Å². The van der Waals surface area contributed by atoms with Gasteiger partial charge in [0.1, 0.15) is 0 Å². The van der Waals surface area contributed by atoms with E-state index >= 15 is 0 Å². The number of rotatable bonds is 8. The first kappa shape index (κ1) is 49.2. The molecule has 5 heteroatoms. The maximum atomic E-state index is 12.2. The number of hydrogen-bond donors (Lipinski definition) is 2. The quantitative estimate of drug-likeness (QED) is 0.136. The van der Waals surface area contributed by atoms with Crippen LogP contribution in [-0.2, 0) is 30.4 Å². The van der Waals surface area contributed by atoms with E-state index in [9.17, 15) is 10.2 Å². The first-order valence-electron chi connectivity index (χ1n) is 26.5. The number of benzene rings is 4. The van der Waals surface area contributed by atoms with E-state index in [0.29, 0.717) is 38.1 Å². The van der Waals surface area contributed by atoms with Crippen LogP contribution in [0.5, 0.6) is 11.5 Å². The van der Waals surface area contributed by atoms with E-state index in [1.54, 1.807) is 11.1 Å². The molecule has 0 saturated heterocycles. The minimum absolute atomic E-state index is 0.485. The van der Waals surface area contributed by atoms with E-state index < -0.39 is 18.9 Å². The van der Waals surface area contributed by atoms with Crippen molar-refractivity contribution in [3.8, 4) is 11.5 Å². The van der Waals surface area contributed by atoms with Gasteiger partial charge in [0.05, 0.1) is 0 Å². The summed E-state index contributed by atoms with van der Waals surface area (Å²) < 4.78 is 0. The largest absolute Gasteiger partial charge is 0.199 e. The smallest absolute Gasteiger partial charge is 0.0866 e. The molecule has 352 valence electrons.